The van der Waals surface area contributed by atoms with Gasteiger partial charge in [0.2, 0.25) is 0 Å². The Bertz CT molecular complexity index is 946. The van der Waals surface area contributed by atoms with Crippen LogP contribution in [0.25, 0.3) is 10.1 Å². The van der Waals surface area contributed by atoms with Crippen molar-refractivity contribution in [3.05, 3.63) is 58.6 Å². The minimum absolute atomic E-state index is 0.0432. The quantitative estimate of drug-likeness (QED) is 0.723. The molecule has 0 aliphatic carbocycles. The van der Waals surface area contributed by atoms with E-state index >= 15 is 0 Å². The van der Waals surface area contributed by atoms with Gasteiger partial charge in [0.25, 0.3) is 5.91 Å². The van der Waals surface area contributed by atoms with Crippen molar-refractivity contribution in [3.8, 4) is 0 Å². The van der Waals surface area contributed by atoms with E-state index in [4.69, 9.17) is 9.15 Å². The summed E-state index contributed by atoms with van der Waals surface area (Å²) in [5.74, 6) is 1.24. The molecule has 4 rings (SSSR count). The first-order valence-electron chi connectivity index (χ1n) is 8.95. The number of amides is 1. The zero-order valence-corrected chi connectivity index (χ0v) is 15.9. The van der Waals surface area contributed by atoms with Crippen LogP contribution in [0.4, 0.5) is 4.39 Å². The summed E-state index contributed by atoms with van der Waals surface area (Å²) in [6, 6.07) is 10.2. The number of furan rings is 1. The van der Waals surface area contributed by atoms with E-state index in [0.717, 1.165) is 34.7 Å². The Kier molecular flexibility index (Phi) is 5.24. The van der Waals surface area contributed by atoms with E-state index in [1.807, 2.05) is 19.1 Å². The topological polar surface area (TPSA) is 54.7 Å². The molecule has 27 heavy (non-hydrogen) atoms. The summed E-state index contributed by atoms with van der Waals surface area (Å²) >= 11 is 1.37. The maximum Gasteiger partial charge on any atom is 0.261 e. The molecule has 7 heteroatoms. The van der Waals surface area contributed by atoms with Crippen molar-refractivity contribution in [3.63, 3.8) is 0 Å². The zero-order valence-electron chi connectivity index (χ0n) is 15.0. The molecule has 2 aromatic heterocycles. The molecule has 3 aromatic rings. The Labute approximate surface area is 160 Å². The second kappa shape index (κ2) is 7.80. The monoisotopic (exact) mass is 388 g/mol. The third-order valence-corrected chi connectivity index (χ3v) is 5.85. The fourth-order valence-corrected chi connectivity index (χ4v) is 4.29. The van der Waals surface area contributed by atoms with E-state index in [0.29, 0.717) is 24.6 Å². The number of carbonyl (C=O) groups is 1. The van der Waals surface area contributed by atoms with E-state index in [2.05, 4.69) is 10.2 Å². The van der Waals surface area contributed by atoms with Gasteiger partial charge in [0, 0.05) is 24.3 Å². The number of carbonyl (C=O) groups excluding carboxylic acids is 1. The second-order valence-corrected chi connectivity index (χ2v) is 7.70. The van der Waals surface area contributed by atoms with Gasteiger partial charge in [0.05, 0.1) is 24.1 Å². The normalized spacial score (nSPS) is 16.5. The van der Waals surface area contributed by atoms with E-state index in [-0.39, 0.29) is 17.8 Å². The molecule has 1 aliphatic rings. The SMILES string of the molecule is Cc1ccc(C(CNC(=O)c2cc3cc(F)ccc3s2)N2CCOCC2)o1. The van der Waals surface area contributed by atoms with Crippen LogP contribution in [0.5, 0.6) is 0 Å². The highest BCUT2D eigenvalue weighted by Crippen LogP contribution is 2.27. The Hall–Kier alpha value is -2.22. The van der Waals surface area contributed by atoms with Crippen molar-refractivity contribution >= 4 is 27.3 Å². The summed E-state index contributed by atoms with van der Waals surface area (Å²) in [4.78, 5) is 15.5. The molecule has 1 saturated heterocycles. The maximum absolute atomic E-state index is 13.4. The van der Waals surface area contributed by atoms with Crippen LogP contribution in [-0.4, -0.2) is 43.7 Å². The molecule has 142 valence electrons. The average Bonchev–Trinajstić information content (AvgIpc) is 3.28. The summed E-state index contributed by atoms with van der Waals surface area (Å²) < 4.78 is 25.5. The summed E-state index contributed by atoms with van der Waals surface area (Å²) in [5.41, 5.74) is 0. The van der Waals surface area contributed by atoms with Crippen molar-refractivity contribution in [2.24, 2.45) is 0 Å². The van der Waals surface area contributed by atoms with Gasteiger partial charge in [-0.2, -0.15) is 0 Å². The number of ether oxygens (including phenoxy) is 1. The number of aryl methyl sites for hydroxylation is 1. The van der Waals surface area contributed by atoms with Crippen LogP contribution < -0.4 is 5.32 Å². The maximum atomic E-state index is 13.4. The van der Waals surface area contributed by atoms with E-state index < -0.39 is 0 Å². The molecule has 1 atom stereocenters. The Morgan fingerprint density at radius 2 is 2.07 bits per heavy atom. The number of nitrogens with zero attached hydrogens (tertiary/aromatic N) is 1. The standard InChI is InChI=1S/C20H21FN2O3S/c1-13-2-4-17(26-13)16(23-6-8-25-9-7-23)12-22-20(24)19-11-14-10-15(21)3-5-18(14)27-19/h2-5,10-11,16H,6-9,12H2,1H3,(H,22,24). The van der Waals surface area contributed by atoms with Crippen LogP contribution in [0.3, 0.4) is 0 Å². The molecule has 3 heterocycles. The number of morpholine rings is 1. The first-order chi connectivity index (χ1) is 13.1. The molecule has 1 unspecified atom stereocenters. The van der Waals surface area contributed by atoms with Crippen LogP contribution in [0.1, 0.15) is 27.2 Å². The molecule has 0 radical (unpaired) electrons. The lowest BCUT2D eigenvalue weighted by atomic mass is 10.1. The van der Waals surface area contributed by atoms with E-state index in [1.54, 1.807) is 12.1 Å². The van der Waals surface area contributed by atoms with E-state index in [9.17, 15) is 9.18 Å². The van der Waals surface area contributed by atoms with Gasteiger partial charge in [-0.05, 0) is 48.7 Å². The average molecular weight is 388 g/mol. The summed E-state index contributed by atoms with van der Waals surface area (Å²) in [7, 11) is 0. The first-order valence-corrected chi connectivity index (χ1v) is 9.77. The molecule has 1 N–H and O–H groups in total. The molecule has 1 amide bonds. The molecular weight excluding hydrogens is 367 g/mol. The highest BCUT2D eigenvalue weighted by atomic mass is 32.1. The minimum atomic E-state index is -0.298. The lowest BCUT2D eigenvalue weighted by Gasteiger charge is -2.33. The van der Waals surface area contributed by atoms with Gasteiger partial charge in [-0.25, -0.2) is 4.39 Å². The van der Waals surface area contributed by atoms with Crippen molar-refractivity contribution in [2.75, 3.05) is 32.8 Å². The molecular formula is C20H21FN2O3S. The number of nitrogens with one attached hydrogen (secondary N) is 1. The number of rotatable bonds is 5. The first kappa shape index (κ1) is 18.2. The van der Waals surface area contributed by atoms with E-state index in [1.165, 1.54) is 23.5 Å². The largest absolute Gasteiger partial charge is 0.465 e. The van der Waals surface area contributed by atoms with Gasteiger partial charge in [-0.3, -0.25) is 9.69 Å². The third kappa shape index (κ3) is 4.05. The fourth-order valence-electron chi connectivity index (χ4n) is 3.33. The number of halogens is 1. The summed E-state index contributed by atoms with van der Waals surface area (Å²) in [6.45, 7) is 5.28. The number of hydrogen-bond acceptors (Lipinski definition) is 5. The van der Waals surface area contributed by atoms with Crippen molar-refractivity contribution in [1.29, 1.82) is 0 Å². The lowest BCUT2D eigenvalue weighted by Crippen LogP contribution is -2.43. The predicted octanol–water partition coefficient (Wildman–Crippen LogP) is 3.75. The van der Waals surface area contributed by atoms with Gasteiger partial charge in [-0.15, -0.1) is 11.3 Å². The second-order valence-electron chi connectivity index (χ2n) is 6.62. The predicted molar refractivity (Wildman–Crippen MR) is 103 cm³/mol. The van der Waals surface area contributed by atoms with Crippen LogP contribution in [-0.2, 0) is 4.74 Å². The fraction of sp³-hybridized carbons (Fsp3) is 0.350. The van der Waals surface area contributed by atoms with Gasteiger partial charge >= 0.3 is 0 Å². The van der Waals surface area contributed by atoms with Crippen molar-refractivity contribution in [2.45, 2.75) is 13.0 Å². The Morgan fingerprint density at radius 1 is 1.26 bits per heavy atom. The highest BCUT2D eigenvalue weighted by Gasteiger charge is 2.26. The lowest BCUT2D eigenvalue weighted by molar-refractivity contribution is 0.0117. The van der Waals surface area contributed by atoms with Gasteiger partial charge < -0.3 is 14.5 Å². The van der Waals surface area contributed by atoms with Crippen LogP contribution >= 0.6 is 11.3 Å². The molecule has 1 aliphatic heterocycles. The highest BCUT2D eigenvalue weighted by molar-refractivity contribution is 7.20. The van der Waals surface area contributed by atoms with Crippen LogP contribution in [0, 0.1) is 12.7 Å². The molecule has 0 bridgehead atoms. The minimum Gasteiger partial charge on any atom is -0.465 e. The number of benzene rings is 1. The van der Waals surface area contributed by atoms with Crippen LogP contribution in [0.15, 0.2) is 40.8 Å². The van der Waals surface area contributed by atoms with Crippen LogP contribution in [0.2, 0.25) is 0 Å². The summed E-state index contributed by atoms with van der Waals surface area (Å²) in [6.07, 6.45) is 0. The number of thiophene rings is 1. The van der Waals surface area contributed by atoms with Gasteiger partial charge in [0.1, 0.15) is 17.3 Å². The summed E-state index contributed by atoms with van der Waals surface area (Å²) in [5, 5.41) is 3.76. The molecule has 0 spiro atoms. The molecule has 5 nitrogen and oxygen atoms in total. The molecule has 1 fully saturated rings. The van der Waals surface area contributed by atoms with Crippen molar-refractivity contribution in [1.82, 2.24) is 10.2 Å². The van der Waals surface area contributed by atoms with Crippen molar-refractivity contribution < 1.29 is 18.3 Å². The number of hydrogen-bond donors (Lipinski definition) is 1. The zero-order chi connectivity index (χ0) is 18.8. The van der Waals surface area contributed by atoms with Gasteiger partial charge in [-0.1, -0.05) is 0 Å². The third-order valence-electron chi connectivity index (χ3n) is 4.73. The van der Waals surface area contributed by atoms with Gasteiger partial charge in [0.15, 0.2) is 0 Å². The molecule has 1 aromatic carbocycles. The number of fused-ring (bicyclic) bond motifs is 1. The smallest absolute Gasteiger partial charge is 0.261 e. The Balaban J connectivity index is 1.49. The molecule has 0 saturated carbocycles. The Morgan fingerprint density at radius 3 is 2.81 bits per heavy atom.